The average Bonchev–Trinajstić information content (AvgIpc) is 2.41. The molecule has 0 atom stereocenters. The first kappa shape index (κ1) is 12.0. The van der Waals surface area contributed by atoms with Gasteiger partial charge < -0.3 is 10.6 Å². The quantitative estimate of drug-likeness (QED) is 0.868. The zero-order valence-electron chi connectivity index (χ0n) is 10.7. The first-order valence-corrected chi connectivity index (χ1v) is 6.32. The number of halogens is 1. The Morgan fingerprint density at radius 1 is 1.21 bits per heavy atom. The molecular formula is C14H15FN4. The molecule has 98 valence electrons. The monoisotopic (exact) mass is 258 g/mol. The lowest BCUT2D eigenvalue weighted by atomic mass is 10.1. The van der Waals surface area contributed by atoms with Gasteiger partial charge in [-0.15, -0.1) is 0 Å². The maximum absolute atomic E-state index is 12.9. The van der Waals surface area contributed by atoms with Crippen LogP contribution >= 0.6 is 0 Å². The van der Waals surface area contributed by atoms with E-state index >= 15 is 0 Å². The van der Waals surface area contributed by atoms with Crippen molar-refractivity contribution in [3.63, 3.8) is 0 Å². The smallest absolute Gasteiger partial charge is 0.138 e. The molecule has 2 aromatic rings. The third-order valence-corrected chi connectivity index (χ3v) is 3.15. The lowest BCUT2D eigenvalue weighted by Crippen LogP contribution is -2.26. The van der Waals surface area contributed by atoms with Crippen LogP contribution in [0.3, 0.4) is 0 Å². The number of nitrogens with one attached hydrogen (secondary N) is 2. The van der Waals surface area contributed by atoms with Gasteiger partial charge in [-0.25, -0.2) is 14.4 Å². The summed E-state index contributed by atoms with van der Waals surface area (Å²) < 4.78 is 12.9. The van der Waals surface area contributed by atoms with Crippen LogP contribution in [0.15, 0.2) is 24.3 Å². The zero-order valence-corrected chi connectivity index (χ0v) is 10.7. The summed E-state index contributed by atoms with van der Waals surface area (Å²) in [6, 6.07) is 6.27. The molecule has 0 fully saturated rings. The van der Waals surface area contributed by atoms with E-state index < -0.39 is 0 Å². The predicted molar refractivity (Wildman–Crippen MR) is 71.9 cm³/mol. The Labute approximate surface area is 111 Å². The first-order chi connectivity index (χ1) is 9.22. The van der Waals surface area contributed by atoms with E-state index in [1.807, 2.05) is 6.92 Å². The number of aryl methyl sites for hydroxylation is 1. The summed E-state index contributed by atoms with van der Waals surface area (Å²) in [5.74, 6) is 1.32. The van der Waals surface area contributed by atoms with Crippen molar-refractivity contribution in [2.75, 3.05) is 11.9 Å². The average molecular weight is 258 g/mol. The van der Waals surface area contributed by atoms with Crippen LogP contribution in [0.1, 0.15) is 17.1 Å². The fraction of sp³-hybridized carbons (Fsp3) is 0.286. The number of rotatable bonds is 2. The molecule has 0 saturated carbocycles. The van der Waals surface area contributed by atoms with Gasteiger partial charge in [0, 0.05) is 30.8 Å². The summed E-state index contributed by atoms with van der Waals surface area (Å²) in [5.41, 5.74) is 3.02. The molecule has 0 saturated heterocycles. The Bertz CT molecular complexity index is 595. The molecule has 0 bridgehead atoms. The summed E-state index contributed by atoms with van der Waals surface area (Å²) in [7, 11) is 0. The fourth-order valence-corrected chi connectivity index (χ4v) is 2.24. The number of nitrogens with zero attached hydrogens (tertiary/aromatic N) is 2. The molecule has 0 spiro atoms. The molecule has 0 radical (unpaired) electrons. The molecule has 0 aliphatic carbocycles. The molecule has 1 aromatic heterocycles. The SMILES string of the molecule is Cc1nc2c(c(Nc3ccc(F)cc3)n1)CNCC2. The van der Waals surface area contributed by atoms with Gasteiger partial charge in [0.25, 0.3) is 0 Å². The molecule has 5 heteroatoms. The molecule has 4 nitrogen and oxygen atoms in total. The number of benzene rings is 1. The van der Waals surface area contributed by atoms with Gasteiger partial charge in [-0.2, -0.15) is 0 Å². The van der Waals surface area contributed by atoms with Gasteiger partial charge in [0.2, 0.25) is 0 Å². The van der Waals surface area contributed by atoms with Crippen LogP contribution in [0.25, 0.3) is 0 Å². The molecular weight excluding hydrogens is 243 g/mol. The molecule has 2 heterocycles. The van der Waals surface area contributed by atoms with E-state index in [4.69, 9.17) is 0 Å². The van der Waals surface area contributed by atoms with Crippen molar-refractivity contribution in [3.05, 3.63) is 47.2 Å². The van der Waals surface area contributed by atoms with Crippen molar-refractivity contribution in [2.24, 2.45) is 0 Å². The minimum atomic E-state index is -0.242. The lowest BCUT2D eigenvalue weighted by Gasteiger charge is -2.20. The van der Waals surface area contributed by atoms with Gasteiger partial charge in [0.15, 0.2) is 0 Å². The molecule has 1 aliphatic heterocycles. The van der Waals surface area contributed by atoms with E-state index in [-0.39, 0.29) is 5.82 Å². The fourth-order valence-electron chi connectivity index (χ4n) is 2.24. The van der Waals surface area contributed by atoms with Crippen LogP contribution in [0, 0.1) is 12.7 Å². The van der Waals surface area contributed by atoms with Crippen molar-refractivity contribution < 1.29 is 4.39 Å². The second-order valence-electron chi connectivity index (χ2n) is 4.60. The van der Waals surface area contributed by atoms with E-state index in [0.29, 0.717) is 0 Å². The summed E-state index contributed by atoms with van der Waals surface area (Å²) >= 11 is 0. The van der Waals surface area contributed by atoms with Gasteiger partial charge >= 0.3 is 0 Å². The normalized spacial score (nSPS) is 14.0. The van der Waals surface area contributed by atoms with E-state index in [9.17, 15) is 4.39 Å². The number of hydrogen-bond acceptors (Lipinski definition) is 4. The van der Waals surface area contributed by atoms with Crippen LogP contribution in [0.4, 0.5) is 15.9 Å². The molecule has 1 aliphatic rings. The van der Waals surface area contributed by atoms with Crippen molar-refractivity contribution in [2.45, 2.75) is 19.9 Å². The highest BCUT2D eigenvalue weighted by molar-refractivity contribution is 5.60. The maximum Gasteiger partial charge on any atom is 0.138 e. The standard InChI is InChI=1S/C14H15FN4/c1-9-17-13-6-7-16-8-12(13)14(18-9)19-11-4-2-10(15)3-5-11/h2-5,16H,6-8H2,1H3,(H,17,18,19). The summed E-state index contributed by atoms with van der Waals surface area (Å²) in [6.45, 7) is 3.59. The molecule has 3 rings (SSSR count). The number of fused-ring (bicyclic) bond motifs is 1. The summed E-state index contributed by atoms with van der Waals surface area (Å²) in [5, 5.41) is 6.56. The topological polar surface area (TPSA) is 49.8 Å². The van der Waals surface area contributed by atoms with Crippen molar-refractivity contribution >= 4 is 11.5 Å². The van der Waals surface area contributed by atoms with Gasteiger partial charge in [-0.3, -0.25) is 0 Å². The molecule has 2 N–H and O–H groups in total. The largest absolute Gasteiger partial charge is 0.340 e. The van der Waals surface area contributed by atoms with E-state index in [1.165, 1.54) is 12.1 Å². The minimum Gasteiger partial charge on any atom is -0.340 e. The van der Waals surface area contributed by atoms with E-state index in [1.54, 1.807) is 12.1 Å². The maximum atomic E-state index is 12.9. The second kappa shape index (κ2) is 4.93. The van der Waals surface area contributed by atoms with Gasteiger partial charge in [-0.1, -0.05) is 0 Å². The first-order valence-electron chi connectivity index (χ1n) is 6.32. The lowest BCUT2D eigenvalue weighted by molar-refractivity contribution is 0.624. The van der Waals surface area contributed by atoms with Crippen LogP contribution in [-0.4, -0.2) is 16.5 Å². The molecule has 0 unspecified atom stereocenters. The minimum absolute atomic E-state index is 0.242. The third kappa shape index (κ3) is 2.56. The Kier molecular flexibility index (Phi) is 3.13. The van der Waals surface area contributed by atoms with Crippen molar-refractivity contribution in [1.29, 1.82) is 0 Å². The Balaban J connectivity index is 1.95. The highest BCUT2D eigenvalue weighted by atomic mass is 19.1. The Morgan fingerprint density at radius 3 is 2.79 bits per heavy atom. The number of aromatic nitrogens is 2. The van der Waals surface area contributed by atoms with Crippen molar-refractivity contribution in [3.8, 4) is 0 Å². The highest BCUT2D eigenvalue weighted by Crippen LogP contribution is 2.23. The third-order valence-electron chi connectivity index (χ3n) is 3.15. The summed E-state index contributed by atoms with van der Waals surface area (Å²) in [4.78, 5) is 8.93. The Morgan fingerprint density at radius 2 is 2.00 bits per heavy atom. The highest BCUT2D eigenvalue weighted by Gasteiger charge is 2.16. The Hall–Kier alpha value is -2.01. The van der Waals surface area contributed by atoms with Crippen LogP contribution < -0.4 is 10.6 Å². The van der Waals surface area contributed by atoms with Crippen LogP contribution in [0.5, 0.6) is 0 Å². The van der Waals surface area contributed by atoms with Gasteiger partial charge in [-0.05, 0) is 31.2 Å². The van der Waals surface area contributed by atoms with Crippen LogP contribution in [0.2, 0.25) is 0 Å². The number of hydrogen-bond donors (Lipinski definition) is 2. The van der Waals surface area contributed by atoms with Crippen molar-refractivity contribution in [1.82, 2.24) is 15.3 Å². The van der Waals surface area contributed by atoms with Gasteiger partial charge in [0.1, 0.15) is 17.5 Å². The summed E-state index contributed by atoms with van der Waals surface area (Å²) in [6.07, 6.45) is 0.913. The number of anilines is 2. The second-order valence-corrected chi connectivity index (χ2v) is 4.60. The molecule has 0 amide bonds. The zero-order chi connectivity index (χ0) is 13.2. The molecule has 1 aromatic carbocycles. The van der Waals surface area contributed by atoms with E-state index in [0.717, 1.165) is 48.1 Å². The predicted octanol–water partition coefficient (Wildman–Crippen LogP) is 2.31. The van der Waals surface area contributed by atoms with E-state index in [2.05, 4.69) is 20.6 Å². The van der Waals surface area contributed by atoms with Crippen LogP contribution in [-0.2, 0) is 13.0 Å². The molecule has 19 heavy (non-hydrogen) atoms. The van der Waals surface area contributed by atoms with Gasteiger partial charge in [0.05, 0.1) is 5.69 Å².